The quantitative estimate of drug-likeness (QED) is 0.635. The molecule has 2 N–H and O–H groups in total. The average Bonchev–Trinajstić information content (AvgIpc) is 2.77. The molecule has 0 amide bonds. The number of hydrogen-bond acceptors (Lipinski definition) is 4. The topological polar surface area (TPSA) is 63.0 Å². The van der Waals surface area contributed by atoms with Gasteiger partial charge in [0.25, 0.3) is 0 Å². The van der Waals surface area contributed by atoms with Gasteiger partial charge in [0.1, 0.15) is 5.15 Å². The predicted molar refractivity (Wildman–Crippen MR) is 80.9 cm³/mol. The van der Waals surface area contributed by atoms with E-state index < -0.39 is 0 Å². The zero-order valence-electron chi connectivity index (χ0n) is 12.1. The van der Waals surface area contributed by atoms with Crippen molar-refractivity contribution in [1.29, 1.82) is 0 Å². The first kappa shape index (κ1) is 15.2. The smallest absolute Gasteiger partial charge is 0.159 e. The monoisotopic (exact) mass is 296 g/mol. The summed E-state index contributed by atoms with van der Waals surface area (Å²) in [6, 6.07) is 2.28. The van der Waals surface area contributed by atoms with E-state index in [0.717, 1.165) is 29.6 Å². The van der Waals surface area contributed by atoms with E-state index in [9.17, 15) is 5.11 Å². The molecule has 110 valence electrons. The van der Waals surface area contributed by atoms with E-state index in [1.807, 2.05) is 16.9 Å². The molecule has 6 heteroatoms. The fraction of sp³-hybridized carbons (Fsp3) is 0.571. The van der Waals surface area contributed by atoms with Gasteiger partial charge in [0.15, 0.2) is 5.65 Å². The second-order valence-corrected chi connectivity index (χ2v) is 5.71. The molecule has 1 unspecified atom stereocenters. The van der Waals surface area contributed by atoms with Crippen LogP contribution in [0, 0.1) is 0 Å². The Morgan fingerprint density at radius 3 is 2.80 bits per heavy atom. The fourth-order valence-corrected chi connectivity index (χ4v) is 2.24. The Kier molecular flexibility index (Phi) is 4.96. The molecule has 2 heterocycles. The Labute approximate surface area is 124 Å². The van der Waals surface area contributed by atoms with E-state index in [-0.39, 0.29) is 12.1 Å². The molecule has 0 saturated carbocycles. The van der Waals surface area contributed by atoms with Gasteiger partial charge in [-0.2, -0.15) is 5.10 Å². The number of nitrogens with one attached hydrogen (secondary N) is 1. The maximum absolute atomic E-state index is 9.21. The van der Waals surface area contributed by atoms with Gasteiger partial charge in [0, 0.05) is 23.5 Å². The summed E-state index contributed by atoms with van der Waals surface area (Å²) in [5.74, 6) is 0. The van der Waals surface area contributed by atoms with Crippen LogP contribution in [0.2, 0.25) is 5.15 Å². The van der Waals surface area contributed by atoms with E-state index in [2.05, 4.69) is 29.2 Å². The number of nitrogens with zero attached hydrogens (tertiary/aromatic N) is 3. The molecule has 0 aliphatic heterocycles. The molecule has 0 radical (unpaired) electrons. The summed E-state index contributed by atoms with van der Waals surface area (Å²) in [6.45, 7) is 7.29. The highest BCUT2D eigenvalue weighted by Gasteiger charge is 2.11. The number of aliphatic hydroxyl groups is 1. The molecule has 1 atom stereocenters. The predicted octanol–water partition coefficient (Wildman–Crippen LogP) is 2.53. The largest absolute Gasteiger partial charge is 0.393 e. The third-order valence-corrected chi connectivity index (χ3v) is 3.47. The Morgan fingerprint density at radius 2 is 2.15 bits per heavy atom. The van der Waals surface area contributed by atoms with E-state index in [0.29, 0.717) is 11.7 Å². The number of fused-ring (bicyclic) bond motifs is 1. The lowest BCUT2D eigenvalue weighted by Crippen LogP contribution is -2.19. The maximum Gasteiger partial charge on any atom is 0.159 e. The van der Waals surface area contributed by atoms with Gasteiger partial charge in [0.05, 0.1) is 12.3 Å². The number of aliphatic hydroxyl groups excluding tert-OH is 1. The summed E-state index contributed by atoms with van der Waals surface area (Å²) in [6.07, 6.45) is 2.25. The van der Waals surface area contributed by atoms with Crippen LogP contribution in [0.5, 0.6) is 0 Å². The Hall–Kier alpha value is -1.17. The molecule has 0 aromatic carbocycles. The van der Waals surface area contributed by atoms with Crippen LogP contribution in [-0.2, 0) is 6.54 Å². The van der Waals surface area contributed by atoms with Crippen LogP contribution in [0.3, 0.4) is 0 Å². The van der Waals surface area contributed by atoms with Gasteiger partial charge in [-0.1, -0.05) is 11.6 Å². The van der Waals surface area contributed by atoms with Crippen molar-refractivity contribution < 1.29 is 5.11 Å². The van der Waals surface area contributed by atoms with E-state index in [1.165, 1.54) is 0 Å². The molecule has 0 saturated heterocycles. The molecular formula is C14H21ClN4O. The third kappa shape index (κ3) is 3.48. The van der Waals surface area contributed by atoms with Crippen LogP contribution in [0.1, 0.15) is 38.8 Å². The molecule has 5 nitrogen and oxygen atoms in total. The molecule has 0 spiro atoms. The summed E-state index contributed by atoms with van der Waals surface area (Å²) in [4.78, 5) is 4.45. The van der Waals surface area contributed by atoms with Crippen LogP contribution < -0.4 is 5.32 Å². The summed E-state index contributed by atoms with van der Waals surface area (Å²) < 4.78 is 1.87. The van der Waals surface area contributed by atoms with E-state index in [1.54, 1.807) is 6.92 Å². The van der Waals surface area contributed by atoms with Crippen LogP contribution >= 0.6 is 11.6 Å². The minimum absolute atomic E-state index is 0.256. The van der Waals surface area contributed by atoms with Crippen LogP contribution in [0.15, 0.2) is 12.3 Å². The lowest BCUT2D eigenvalue weighted by atomic mass is 10.2. The molecule has 2 aromatic rings. The van der Waals surface area contributed by atoms with Crippen molar-refractivity contribution in [3.63, 3.8) is 0 Å². The molecular weight excluding hydrogens is 276 g/mol. The molecule has 0 aliphatic carbocycles. The van der Waals surface area contributed by atoms with Crippen molar-refractivity contribution >= 4 is 22.6 Å². The highest BCUT2D eigenvalue weighted by molar-refractivity contribution is 6.30. The lowest BCUT2D eigenvalue weighted by molar-refractivity contribution is 0.183. The Balaban J connectivity index is 2.13. The maximum atomic E-state index is 9.21. The second-order valence-electron chi connectivity index (χ2n) is 5.35. The molecule has 0 fully saturated rings. The normalized spacial score (nSPS) is 13.3. The number of pyridine rings is 1. The van der Waals surface area contributed by atoms with Crippen molar-refractivity contribution in [3.05, 3.63) is 23.0 Å². The van der Waals surface area contributed by atoms with E-state index in [4.69, 9.17) is 11.6 Å². The lowest BCUT2D eigenvalue weighted by Gasteiger charge is -2.09. The standard InChI is InChI=1S/C14H21ClN4O/c1-9(2)19-14-12(8-17-19)6-11(13(15)18-14)7-16-5-4-10(3)20/h6,8-10,16,20H,4-5,7H2,1-3H3. The highest BCUT2D eigenvalue weighted by atomic mass is 35.5. The van der Waals surface area contributed by atoms with Crippen molar-refractivity contribution in [1.82, 2.24) is 20.1 Å². The van der Waals surface area contributed by atoms with Gasteiger partial charge in [-0.05, 0) is 39.8 Å². The fourth-order valence-electron chi connectivity index (χ4n) is 2.03. The minimum Gasteiger partial charge on any atom is -0.393 e. The van der Waals surface area contributed by atoms with Crippen molar-refractivity contribution in [2.75, 3.05) is 6.54 Å². The number of halogens is 1. The number of rotatable bonds is 6. The van der Waals surface area contributed by atoms with Crippen molar-refractivity contribution in [2.24, 2.45) is 0 Å². The first-order valence-electron chi connectivity index (χ1n) is 6.90. The van der Waals surface area contributed by atoms with E-state index >= 15 is 0 Å². The molecule has 2 aromatic heterocycles. The SMILES string of the molecule is CC(O)CCNCc1cc2cnn(C(C)C)c2nc1Cl. The van der Waals surface area contributed by atoms with Crippen molar-refractivity contribution in [2.45, 2.75) is 45.9 Å². The van der Waals surface area contributed by atoms with Gasteiger partial charge in [-0.25, -0.2) is 9.67 Å². The highest BCUT2D eigenvalue weighted by Crippen LogP contribution is 2.22. The molecule has 2 rings (SSSR count). The zero-order chi connectivity index (χ0) is 14.7. The summed E-state index contributed by atoms with van der Waals surface area (Å²) >= 11 is 6.24. The van der Waals surface area contributed by atoms with Crippen LogP contribution in [-0.4, -0.2) is 32.5 Å². The van der Waals surface area contributed by atoms with Crippen molar-refractivity contribution in [3.8, 4) is 0 Å². The summed E-state index contributed by atoms with van der Waals surface area (Å²) in [7, 11) is 0. The first-order valence-corrected chi connectivity index (χ1v) is 7.28. The van der Waals surface area contributed by atoms with Gasteiger partial charge in [0.2, 0.25) is 0 Å². The summed E-state index contributed by atoms with van der Waals surface area (Å²) in [5, 5.41) is 18.3. The zero-order valence-corrected chi connectivity index (χ0v) is 12.9. The van der Waals surface area contributed by atoms with Gasteiger partial charge in [-0.3, -0.25) is 0 Å². The number of hydrogen-bond donors (Lipinski definition) is 2. The minimum atomic E-state index is -0.289. The van der Waals surface area contributed by atoms with Gasteiger partial charge < -0.3 is 10.4 Å². The Morgan fingerprint density at radius 1 is 1.40 bits per heavy atom. The average molecular weight is 297 g/mol. The third-order valence-electron chi connectivity index (χ3n) is 3.14. The van der Waals surface area contributed by atoms with Gasteiger partial charge >= 0.3 is 0 Å². The summed E-state index contributed by atoms with van der Waals surface area (Å²) in [5.41, 5.74) is 1.77. The molecule has 0 aliphatic rings. The molecule has 20 heavy (non-hydrogen) atoms. The van der Waals surface area contributed by atoms with Gasteiger partial charge in [-0.15, -0.1) is 0 Å². The Bertz CT molecular complexity index is 580. The second kappa shape index (κ2) is 6.52. The first-order chi connectivity index (χ1) is 9.49. The van der Waals surface area contributed by atoms with Crippen LogP contribution in [0.4, 0.5) is 0 Å². The number of aromatic nitrogens is 3. The van der Waals surface area contributed by atoms with Crippen LogP contribution in [0.25, 0.3) is 11.0 Å². The molecule has 0 bridgehead atoms.